The summed E-state index contributed by atoms with van der Waals surface area (Å²) in [6, 6.07) is 19.9. The molecule has 0 radical (unpaired) electrons. The Bertz CT molecular complexity index is 1170. The number of pyridine rings is 1. The topological polar surface area (TPSA) is 59.8 Å². The molecule has 29 heavy (non-hydrogen) atoms. The summed E-state index contributed by atoms with van der Waals surface area (Å²) < 4.78 is 1.93. The highest BCUT2D eigenvalue weighted by atomic mass is 16.1. The molecule has 4 aromatic rings. The monoisotopic (exact) mass is 382 g/mol. The maximum Gasteiger partial charge on any atom is 0.244 e. The van der Waals surface area contributed by atoms with Crippen molar-refractivity contribution in [3.63, 3.8) is 0 Å². The molecular formula is C24H22N4O. The number of aromatic nitrogens is 3. The maximum atomic E-state index is 12.3. The standard InChI is InChI=1S/C24H22N4O/c1-17(27-24(29)14-13-20-10-5-6-15-25-20)22-16-26-28(18(22)2)23-12-7-9-19-8-3-4-11-21(19)23/h3-17H,1-2H3,(H,27,29)/b14-13+/t17-/m0/s1. The molecule has 4 rings (SSSR count). The molecule has 0 saturated carbocycles. The van der Waals surface area contributed by atoms with Gasteiger partial charge in [-0.15, -0.1) is 0 Å². The molecule has 0 aliphatic rings. The molecule has 1 amide bonds. The zero-order chi connectivity index (χ0) is 20.2. The van der Waals surface area contributed by atoms with Gasteiger partial charge in [0.25, 0.3) is 0 Å². The van der Waals surface area contributed by atoms with Gasteiger partial charge in [0, 0.05) is 28.9 Å². The van der Waals surface area contributed by atoms with E-state index in [1.807, 2.05) is 61.1 Å². The molecule has 144 valence electrons. The number of benzene rings is 2. The van der Waals surface area contributed by atoms with Crippen molar-refractivity contribution in [1.82, 2.24) is 20.1 Å². The summed E-state index contributed by atoms with van der Waals surface area (Å²) in [4.78, 5) is 16.5. The first-order chi connectivity index (χ1) is 14.1. The van der Waals surface area contributed by atoms with Gasteiger partial charge < -0.3 is 5.32 Å². The molecule has 0 saturated heterocycles. The molecule has 0 fully saturated rings. The van der Waals surface area contributed by atoms with E-state index in [9.17, 15) is 4.79 Å². The van der Waals surface area contributed by atoms with Crippen LogP contribution in [0.3, 0.4) is 0 Å². The Morgan fingerprint density at radius 3 is 2.69 bits per heavy atom. The fourth-order valence-corrected chi connectivity index (χ4v) is 3.46. The van der Waals surface area contributed by atoms with Crippen LogP contribution in [-0.4, -0.2) is 20.7 Å². The smallest absolute Gasteiger partial charge is 0.244 e. The van der Waals surface area contributed by atoms with Gasteiger partial charge >= 0.3 is 0 Å². The minimum atomic E-state index is -0.167. The van der Waals surface area contributed by atoms with E-state index >= 15 is 0 Å². The van der Waals surface area contributed by atoms with Gasteiger partial charge in [-0.1, -0.05) is 42.5 Å². The van der Waals surface area contributed by atoms with E-state index < -0.39 is 0 Å². The molecule has 1 N–H and O–H groups in total. The third-order valence-corrected chi connectivity index (χ3v) is 4.96. The van der Waals surface area contributed by atoms with E-state index in [0.29, 0.717) is 0 Å². The van der Waals surface area contributed by atoms with Gasteiger partial charge in [-0.2, -0.15) is 5.10 Å². The Kier molecular flexibility index (Phi) is 5.20. The largest absolute Gasteiger partial charge is 0.346 e. The number of hydrogen-bond acceptors (Lipinski definition) is 3. The first-order valence-electron chi connectivity index (χ1n) is 9.56. The summed E-state index contributed by atoms with van der Waals surface area (Å²) >= 11 is 0. The molecular weight excluding hydrogens is 360 g/mol. The fourth-order valence-electron chi connectivity index (χ4n) is 3.46. The minimum Gasteiger partial charge on any atom is -0.346 e. The van der Waals surface area contributed by atoms with Gasteiger partial charge in [-0.3, -0.25) is 9.78 Å². The second-order valence-corrected chi connectivity index (χ2v) is 6.91. The van der Waals surface area contributed by atoms with Crippen LogP contribution in [0.2, 0.25) is 0 Å². The molecule has 2 aromatic heterocycles. The van der Waals surface area contributed by atoms with Crippen LogP contribution in [0.1, 0.15) is 29.9 Å². The number of hydrogen-bond donors (Lipinski definition) is 1. The molecule has 1 atom stereocenters. The van der Waals surface area contributed by atoms with E-state index in [-0.39, 0.29) is 11.9 Å². The number of fused-ring (bicyclic) bond motifs is 1. The summed E-state index contributed by atoms with van der Waals surface area (Å²) in [7, 11) is 0. The third-order valence-electron chi connectivity index (χ3n) is 4.96. The molecule has 2 aromatic carbocycles. The van der Waals surface area contributed by atoms with Gasteiger partial charge in [0.15, 0.2) is 0 Å². The minimum absolute atomic E-state index is 0.166. The summed E-state index contributed by atoms with van der Waals surface area (Å²) in [5.41, 5.74) is 3.76. The lowest BCUT2D eigenvalue weighted by Crippen LogP contribution is -2.25. The van der Waals surface area contributed by atoms with E-state index in [1.165, 1.54) is 11.5 Å². The summed E-state index contributed by atoms with van der Waals surface area (Å²) in [5, 5.41) is 9.91. The second kappa shape index (κ2) is 8.10. The van der Waals surface area contributed by atoms with Crippen LogP contribution in [0.5, 0.6) is 0 Å². The quantitative estimate of drug-likeness (QED) is 0.513. The lowest BCUT2D eigenvalue weighted by molar-refractivity contribution is -0.117. The van der Waals surface area contributed by atoms with Crippen molar-refractivity contribution in [3.8, 4) is 5.69 Å². The molecule has 0 aliphatic heterocycles. The number of carbonyl (C=O) groups is 1. The first-order valence-corrected chi connectivity index (χ1v) is 9.56. The van der Waals surface area contributed by atoms with Crippen molar-refractivity contribution >= 4 is 22.8 Å². The van der Waals surface area contributed by atoms with Crippen molar-refractivity contribution in [1.29, 1.82) is 0 Å². The van der Waals surface area contributed by atoms with Crippen LogP contribution in [0, 0.1) is 6.92 Å². The second-order valence-electron chi connectivity index (χ2n) is 6.91. The predicted octanol–water partition coefficient (Wildman–Crippen LogP) is 4.62. The summed E-state index contributed by atoms with van der Waals surface area (Å²) in [6.45, 7) is 3.99. The van der Waals surface area contributed by atoms with Crippen LogP contribution in [0.25, 0.3) is 22.5 Å². The molecule has 5 heteroatoms. The third kappa shape index (κ3) is 3.94. The van der Waals surface area contributed by atoms with Crippen LogP contribution in [0.4, 0.5) is 0 Å². The van der Waals surface area contributed by atoms with Crippen molar-refractivity contribution < 1.29 is 4.79 Å². The number of amides is 1. The van der Waals surface area contributed by atoms with Crippen LogP contribution >= 0.6 is 0 Å². The first kappa shape index (κ1) is 18.6. The zero-order valence-electron chi connectivity index (χ0n) is 16.4. The molecule has 5 nitrogen and oxygen atoms in total. The predicted molar refractivity (Wildman–Crippen MR) is 116 cm³/mol. The number of rotatable bonds is 5. The maximum absolute atomic E-state index is 12.3. The van der Waals surface area contributed by atoms with Gasteiger partial charge in [-0.05, 0) is 43.5 Å². The van der Waals surface area contributed by atoms with Gasteiger partial charge in [0.2, 0.25) is 5.91 Å². The van der Waals surface area contributed by atoms with Gasteiger partial charge in [-0.25, -0.2) is 4.68 Å². The number of carbonyl (C=O) groups excluding carboxylic acids is 1. The average molecular weight is 382 g/mol. The SMILES string of the molecule is Cc1c([C@H](C)NC(=O)/C=C/c2ccccn2)cnn1-c1cccc2ccccc12. The van der Waals surface area contributed by atoms with Crippen molar-refractivity contribution in [3.05, 3.63) is 96.1 Å². The average Bonchev–Trinajstić information content (AvgIpc) is 3.14. The highest BCUT2D eigenvalue weighted by Crippen LogP contribution is 2.25. The Balaban J connectivity index is 1.55. The highest BCUT2D eigenvalue weighted by molar-refractivity contribution is 5.92. The van der Waals surface area contributed by atoms with E-state index in [1.54, 1.807) is 12.3 Å². The van der Waals surface area contributed by atoms with Crippen molar-refractivity contribution in [2.75, 3.05) is 0 Å². The van der Waals surface area contributed by atoms with E-state index in [0.717, 1.165) is 28.0 Å². The molecule has 0 unspecified atom stereocenters. The Labute approximate surface area is 169 Å². The molecule has 0 aliphatic carbocycles. The normalized spacial score (nSPS) is 12.3. The lowest BCUT2D eigenvalue weighted by Gasteiger charge is -2.13. The highest BCUT2D eigenvalue weighted by Gasteiger charge is 2.16. The van der Waals surface area contributed by atoms with E-state index in [2.05, 4.69) is 39.7 Å². The van der Waals surface area contributed by atoms with Crippen molar-refractivity contribution in [2.24, 2.45) is 0 Å². The lowest BCUT2D eigenvalue weighted by atomic mass is 10.1. The Morgan fingerprint density at radius 1 is 1.07 bits per heavy atom. The Morgan fingerprint density at radius 2 is 1.86 bits per heavy atom. The van der Waals surface area contributed by atoms with Crippen molar-refractivity contribution in [2.45, 2.75) is 19.9 Å². The number of nitrogens with zero attached hydrogens (tertiary/aromatic N) is 3. The van der Waals surface area contributed by atoms with Crippen LogP contribution in [0.15, 0.2) is 79.1 Å². The van der Waals surface area contributed by atoms with E-state index in [4.69, 9.17) is 0 Å². The Hall–Kier alpha value is -3.73. The van der Waals surface area contributed by atoms with Gasteiger partial charge in [0.1, 0.15) is 0 Å². The van der Waals surface area contributed by atoms with Gasteiger partial charge in [0.05, 0.1) is 23.6 Å². The fraction of sp³-hybridized carbons (Fsp3) is 0.125. The summed E-state index contributed by atoms with van der Waals surface area (Å²) in [6.07, 6.45) is 6.73. The van der Waals surface area contributed by atoms with Crippen LogP contribution in [-0.2, 0) is 4.79 Å². The number of nitrogens with one attached hydrogen (secondary N) is 1. The molecule has 0 spiro atoms. The molecule has 0 bridgehead atoms. The van der Waals surface area contributed by atoms with Crippen LogP contribution < -0.4 is 5.32 Å². The summed E-state index contributed by atoms with van der Waals surface area (Å²) in [5.74, 6) is -0.166. The molecule has 2 heterocycles. The zero-order valence-corrected chi connectivity index (χ0v) is 16.4.